The van der Waals surface area contributed by atoms with Gasteiger partial charge in [-0.25, -0.2) is 4.39 Å². The van der Waals surface area contributed by atoms with E-state index in [0.717, 1.165) is 5.69 Å². The predicted molar refractivity (Wildman–Crippen MR) is 77.0 cm³/mol. The largest absolute Gasteiger partial charge is 0.378 e. The van der Waals surface area contributed by atoms with Crippen LogP contribution in [0.25, 0.3) is 0 Å². The second-order valence-corrected chi connectivity index (χ2v) is 6.11. The number of thiophene rings is 1. The van der Waals surface area contributed by atoms with Crippen molar-refractivity contribution in [2.24, 2.45) is 0 Å². The third kappa shape index (κ3) is 2.56. The van der Waals surface area contributed by atoms with Gasteiger partial charge in [-0.2, -0.15) is 0 Å². The molecule has 0 aliphatic heterocycles. The fourth-order valence-electron chi connectivity index (χ4n) is 2.16. The van der Waals surface area contributed by atoms with Crippen LogP contribution in [0.3, 0.4) is 0 Å². The van der Waals surface area contributed by atoms with Crippen LogP contribution < -0.4 is 5.32 Å². The van der Waals surface area contributed by atoms with Gasteiger partial charge in [-0.3, -0.25) is 0 Å². The summed E-state index contributed by atoms with van der Waals surface area (Å²) in [7, 11) is 0. The van der Waals surface area contributed by atoms with Crippen LogP contribution in [-0.4, -0.2) is 0 Å². The Bertz CT molecular complexity index is 560. The maximum Gasteiger partial charge on any atom is 0.128 e. The monoisotopic (exact) mass is 263 g/mol. The maximum absolute atomic E-state index is 13.5. The van der Waals surface area contributed by atoms with Gasteiger partial charge in [0.05, 0.1) is 0 Å². The molecule has 1 nitrogen and oxygen atoms in total. The molecule has 0 bridgehead atoms. The van der Waals surface area contributed by atoms with Crippen LogP contribution in [0, 0.1) is 26.6 Å². The summed E-state index contributed by atoms with van der Waals surface area (Å²) < 4.78 is 13.5. The van der Waals surface area contributed by atoms with E-state index in [4.69, 9.17) is 0 Å². The van der Waals surface area contributed by atoms with Gasteiger partial charge >= 0.3 is 0 Å². The lowest BCUT2D eigenvalue weighted by atomic mass is 10.1. The molecule has 1 N–H and O–H groups in total. The zero-order valence-electron chi connectivity index (χ0n) is 11.2. The van der Waals surface area contributed by atoms with E-state index in [9.17, 15) is 4.39 Å². The van der Waals surface area contributed by atoms with E-state index in [2.05, 4.69) is 32.2 Å². The first-order valence-electron chi connectivity index (χ1n) is 6.07. The van der Waals surface area contributed by atoms with Crippen molar-refractivity contribution in [1.82, 2.24) is 0 Å². The van der Waals surface area contributed by atoms with E-state index in [1.165, 1.54) is 21.4 Å². The molecule has 2 rings (SSSR count). The molecule has 0 fully saturated rings. The van der Waals surface area contributed by atoms with E-state index < -0.39 is 0 Å². The topological polar surface area (TPSA) is 12.0 Å². The minimum atomic E-state index is -0.162. The number of hydrogen-bond acceptors (Lipinski definition) is 2. The highest BCUT2D eigenvalue weighted by atomic mass is 32.1. The predicted octanol–water partition coefficient (Wildman–Crippen LogP) is 4.99. The van der Waals surface area contributed by atoms with Gasteiger partial charge in [0.1, 0.15) is 5.82 Å². The van der Waals surface area contributed by atoms with Gasteiger partial charge in [-0.05, 0) is 51.5 Å². The standard InChI is InChI=1S/C15H18FNS/c1-9-8-13(12(4)18-9)11(3)17-15-7-5-6-14(16)10(15)2/h5-8,11,17H,1-4H3. The maximum atomic E-state index is 13.5. The fraction of sp³-hybridized carbons (Fsp3) is 0.333. The van der Waals surface area contributed by atoms with Gasteiger partial charge in [0.15, 0.2) is 0 Å². The molecule has 0 aliphatic carbocycles. The first kappa shape index (κ1) is 13.1. The summed E-state index contributed by atoms with van der Waals surface area (Å²) in [5, 5.41) is 3.39. The van der Waals surface area contributed by atoms with Crippen LogP contribution in [0.1, 0.15) is 33.8 Å². The van der Waals surface area contributed by atoms with Gasteiger partial charge in [-0.1, -0.05) is 6.07 Å². The first-order chi connectivity index (χ1) is 8.49. The van der Waals surface area contributed by atoms with E-state index >= 15 is 0 Å². The van der Waals surface area contributed by atoms with Crippen LogP contribution in [-0.2, 0) is 0 Å². The smallest absolute Gasteiger partial charge is 0.128 e. The third-order valence-electron chi connectivity index (χ3n) is 3.19. The highest BCUT2D eigenvalue weighted by Crippen LogP contribution is 2.29. The fourth-order valence-corrected chi connectivity index (χ4v) is 3.18. The van der Waals surface area contributed by atoms with Crippen LogP contribution in [0.15, 0.2) is 24.3 Å². The SMILES string of the molecule is Cc1cc(C(C)Nc2cccc(F)c2C)c(C)s1. The molecule has 1 aromatic carbocycles. The highest BCUT2D eigenvalue weighted by Gasteiger charge is 2.12. The molecule has 0 radical (unpaired) electrons. The number of nitrogens with one attached hydrogen (secondary N) is 1. The Morgan fingerprint density at radius 1 is 1.22 bits per heavy atom. The van der Waals surface area contributed by atoms with Crippen molar-refractivity contribution in [1.29, 1.82) is 0 Å². The van der Waals surface area contributed by atoms with E-state index in [0.29, 0.717) is 5.56 Å². The molecule has 2 aromatic rings. The minimum Gasteiger partial charge on any atom is -0.378 e. The van der Waals surface area contributed by atoms with Crippen molar-refractivity contribution in [2.45, 2.75) is 33.7 Å². The third-order valence-corrected chi connectivity index (χ3v) is 4.17. The summed E-state index contributed by atoms with van der Waals surface area (Å²) >= 11 is 1.80. The van der Waals surface area contributed by atoms with Crippen molar-refractivity contribution in [3.05, 3.63) is 51.0 Å². The molecule has 0 amide bonds. The van der Waals surface area contributed by atoms with Gasteiger partial charge in [0.2, 0.25) is 0 Å². The van der Waals surface area contributed by atoms with E-state index in [1.807, 2.05) is 6.07 Å². The molecule has 18 heavy (non-hydrogen) atoms. The Balaban J connectivity index is 2.24. The van der Waals surface area contributed by atoms with Gasteiger partial charge < -0.3 is 5.32 Å². The quantitative estimate of drug-likeness (QED) is 0.823. The average Bonchev–Trinajstić information content (AvgIpc) is 2.64. The molecule has 1 aromatic heterocycles. The van der Waals surface area contributed by atoms with Crippen LogP contribution in [0.2, 0.25) is 0 Å². The van der Waals surface area contributed by atoms with Crippen molar-refractivity contribution < 1.29 is 4.39 Å². The summed E-state index contributed by atoms with van der Waals surface area (Å²) in [4.78, 5) is 2.63. The Hall–Kier alpha value is -1.35. The summed E-state index contributed by atoms with van der Waals surface area (Å²) in [6, 6.07) is 7.54. The highest BCUT2D eigenvalue weighted by molar-refractivity contribution is 7.12. The van der Waals surface area contributed by atoms with Crippen LogP contribution in [0.4, 0.5) is 10.1 Å². The molecule has 0 spiro atoms. The molecule has 3 heteroatoms. The Morgan fingerprint density at radius 2 is 1.94 bits per heavy atom. The zero-order valence-corrected chi connectivity index (χ0v) is 12.0. The lowest BCUT2D eigenvalue weighted by molar-refractivity contribution is 0.618. The molecular formula is C15H18FNS. The summed E-state index contributed by atoms with van der Waals surface area (Å²) in [5.41, 5.74) is 2.83. The normalized spacial score (nSPS) is 12.5. The number of halogens is 1. The molecule has 1 unspecified atom stereocenters. The second kappa shape index (κ2) is 5.11. The van der Waals surface area contributed by atoms with Gasteiger partial charge in [0, 0.05) is 27.0 Å². The van der Waals surface area contributed by atoms with Crippen LogP contribution >= 0.6 is 11.3 Å². The van der Waals surface area contributed by atoms with Crippen molar-refractivity contribution in [3.8, 4) is 0 Å². The van der Waals surface area contributed by atoms with Crippen LogP contribution in [0.5, 0.6) is 0 Å². The number of hydrogen-bond donors (Lipinski definition) is 1. The van der Waals surface area contributed by atoms with Crippen molar-refractivity contribution in [3.63, 3.8) is 0 Å². The Morgan fingerprint density at radius 3 is 2.56 bits per heavy atom. The number of aryl methyl sites for hydroxylation is 2. The lowest BCUT2D eigenvalue weighted by Gasteiger charge is -2.17. The number of anilines is 1. The zero-order chi connectivity index (χ0) is 13.3. The molecular weight excluding hydrogens is 245 g/mol. The summed E-state index contributed by atoms with van der Waals surface area (Å²) in [5.74, 6) is -0.162. The van der Waals surface area contributed by atoms with Crippen molar-refractivity contribution >= 4 is 17.0 Å². The minimum absolute atomic E-state index is 0.162. The lowest BCUT2D eigenvalue weighted by Crippen LogP contribution is -2.08. The van der Waals surface area contributed by atoms with E-state index in [1.54, 1.807) is 24.3 Å². The number of benzene rings is 1. The number of rotatable bonds is 3. The molecule has 1 heterocycles. The van der Waals surface area contributed by atoms with Crippen molar-refractivity contribution in [2.75, 3.05) is 5.32 Å². The van der Waals surface area contributed by atoms with Gasteiger partial charge in [-0.15, -0.1) is 11.3 Å². The first-order valence-corrected chi connectivity index (χ1v) is 6.89. The summed E-state index contributed by atoms with van der Waals surface area (Å²) in [6.07, 6.45) is 0. The molecule has 0 saturated carbocycles. The summed E-state index contributed by atoms with van der Waals surface area (Å²) in [6.45, 7) is 8.15. The molecule has 0 saturated heterocycles. The molecule has 1 atom stereocenters. The Kier molecular flexibility index (Phi) is 3.71. The average molecular weight is 263 g/mol. The van der Waals surface area contributed by atoms with E-state index in [-0.39, 0.29) is 11.9 Å². The second-order valence-electron chi connectivity index (χ2n) is 4.65. The van der Waals surface area contributed by atoms with Gasteiger partial charge in [0.25, 0.3) is 0 Å². The molecule has 96 valence electrons. The Labute approximate surface area is 112 Å². The molecule has 0 aliphatic rings.